The van der Waals surface area contributed by atoms with Gasteiger partial charge in [-0.15, -0.1) is 0 Å². The highest BCUT2D eigenvalue weighted by molar-refractivity contribution is 6.31. The second-order valence-corrected chi connectivity index (χ2v) is 5.15. The van der Waals surface area contributed by atoms with Crippen LogP contribution in [-0.4, -0.2) is 11.8 Å². The number of rotatable bonds is 3. The van der Waals surface area contributed by atoms with E-state index in [1.54, 1.807) is 24.3 Å². The van der Waals surface area contributed by atoms with E-state index in [1.165, 1.54) is 0 Å². The molecule has 0 saturated carbocycles. The molecule has 2 aromatic carbocycles. The van der Waals surface area contributed by atoms with Crippen LogP contribution < -0.4 is 10.1 Å². The summed E-state index contributed by atoms with van der Waals surface area (Å²) in [7, 11) is 0. The normalized spacial score (nSPS) is 14.6. The third-order valence-corrected chi connectivity index (χ3v) is 3.72. The molecule has 1 aliphatic rings. The molecule has 0 radical (unpaired) electrons. The molecule has 0 bridgehead atoms. The average Bonchev–Trinajstić information content (AvgIpc) is 2.75. The second-order valence-electron chi connectivity index (χ2n) is 4.74. The highest BCUT2D eigenvalue weighted by Crippen LogP contribution is 2.32. The van der Waals surface area contributed by atoms with Gasteiger partial charge in [0.2, 0.25) is 0 Å². The number of imide groups is 1. The van der Waals surface area contributed by atoms with Crippen LogP contribution in [0.2, 0.25) is 5.02 Å². The van der Waals surface area contributed by atoms with Crippen LogP contribution in [0.4, 0.5) is 0 Å². The fourth-order valence-corrected chi connectivity index (χ4v) is 2.63. The molecule has 1 N–H and O–H groups in total. The lowest BCUT2D eigenvalue weighted by atomic mass is 10.1. The molecule has 1 atom stereocenters. The van der Waals surface area contributed by atoms with Gasteiger partial charge in [-0.3, -0.25) is 14.9 Å². The molecule has 1 unspecified atom stereocenters. The lowest BCUT2D eigenvalue weighted by molar-refractivity contribution is 0.0878. The predicted octanol–water partition coefficient (Wildman–Crippen LogP) is 3.36. The Kier molecular flexibility index (Phi) is 3.39. The average molecular weight is 302 g/mol. The summed E-state index contributed by atoms with van der Waals surface area (Å²) >= 11 is 6.14. The number of nitrogens with one attached hydrogen (secondary N) is 1. The summed E-state index contributed by atoms with van der Waals surface area (Å²) in [5.41, 5.74) is 1.44. The topological polar surface area (TPSA) is 55.4 Å². The summed E-state index contributed by atoms with van der Waals surface area (Å²) in [6.45, 7) is 1.84. The summed E-state index contributed by atoms with van der Waals surface area (Å²) in [4.78, 5) is 23.5. The van der Waals surface area contributed by atoms with Gasteiger partial charge in [-0.2, -0.15) is 0 Å². The zero-order chi connectivity index (χ0) is 15.0. The van der Waals surface area contributed by atoms with Crippen molar-refractivity contribution in [3.05, 3.63) is 64.2 Å². The van der Waals surface area contributed by atoms with Gasteiger partial charge in [-0.1, -0.05) is 35.9 Å². The number of carbonyl (C=O) groups excluding carboxylic acids is 2. The van der Waals surface area contributed by atoms with Crippen molar-refractivity contribution in [2.24, 2.45) is 0 Å². The Morgan fingerprint density at radius 3 is 2.57 bits per heavy atom. The molecule has 0 aliphatic carbocycles. The van der Waals surface area contributed by atoms with Crippen molar-refractivity contribution in [2.75, 3.05) is 0 Å². The third-order valence-electron chi connectivity index (χ3n) is 3.37. The van der Waals surface area contributed by atoms with Crippen LogP contribution in [0.15, 0.2) is 42.5 Å². The molecule has 106 valence electrons. The third kappa shape index (κ3) is 2.38. The fraction of sp³-hybridized carbons (Fsp3) is 0.125. The molecule has 3 rings (SSSR count). The van der Waals surface area contributed by atoms with Gasteiger partial charge in [-0.25, -0.2) is 0 Å². The van der Waals surface area contributed by atoms with E-state index in [9.17, 15) is 9.59 Å². The minimum Gasteiger partial charge on any atom is -0.485 e. The smallest absolute Gasteiger partial charge is 0.262 e. The van der Waals surface area contributed by atoms with Crippen molar-refractivity contribution >= 4 is 23.4 Å². The molecule has 0 spiro atoms. The quantitative estimate of drug-likeness (QED) is 0.884. The highest BCUT2D eigenvalue weighted by atomic mass is 35.5. The van der Waals surface area contributed by atoms with Crippen molar-refractivity contribution in [3.8, 4) is 5.75 Å². The predicted molar refractivity (Wildman–Crippen MR) is 78.7 cm³/mol. The standard InChI is InChI=1S/C16H12ClNO3/c1-9(10-5-2-3-7-12(10)17)21-13-8-4-6-11-14(13)16(20)18-15(11)19/h2-9H,1H3,(H,18,19,20). The van der Waals surface area contributed by atoms with Gasteiger partial charge in [0.1, 0.15) is 11.9 Å². The van der Waals surface area contributed by atoms with Gasteiger partial charge < -0.3 is 4.74 Å². The van der Waals surface area contributed by atoms with Crippen LogP contribution in [0.25, 0.3) is 0 Å². The lowest BCUT2D eigenvalue weighted by Gasteiger charge is -2.17. The van der Waals surface area contributed by atoms with Crippen molar-refractivity contribution in [2.45, 2.75) is 13.0 Å². The number of hydrogen-bond acceptors (Lipinski definition) is 3. The number of halogens is 1. The number of carbonyl (C=O) groups is 2. The first kappa shape index (κ1) is 13.6. The molecule has 5 heteroatoms. The number of hydrogen-bond donors (Lipinski definition) is 1. The maximum atomic E-state index is 11.8. The Labute approximate surface area is 126 Å². The Morgan fingerprint density at radius 2 is 1.81 bits per heavy atom. The van der Waals surface area contributed by atoms with E-state index >= 15 is 0 Å². The van der Waals surface area contributed by atoms with E-state index < -0.39 is 11.8 Å². The van der Waals surface area contributed by atoms with Gasteiger partial charge in [0.15, 0.2) is 0 Å². The van der Waals surface area contributed by atoms with Crippen LogP contribution in [0.5, 0.6) is 5.75 Å². The van der Waals surface area contributed by atoms with E-state index in [4.69, 9.17) is 16.3 Å². The molecule has 0 aromatic heterocycles. The minimum absolute atomic E-state index is 0.279. The lowest BCUT2D eigenvalue weighted by Crippen LogP contribution is -2.20. The van der Waals surface area contributed by atoms with Crippen molar-refractivity contribution in [1.29, 1.82) is 0 Å². The monoisotopic (exact) mass is 301 g/mol. The van der Waals surface area contributed by atoms with Crippen molar-refractivity contribution in [3.63, 3.8) is 0 Å². The summed E-state index contributed by atoms with van der Waals surface area (Å²) in [6.07, 6.45) is -0.339. The zero-order valence-electron chi connectivity index (χ0n) is 11.2. The molecule has 4 nitrogen and oxygen atoms in total. The molecule has 0 fully saturated rings. The summed E-state index contributed by atoms with van der Waals surface area (Å²) in [5.74, 6) is -0.453. The van der Waals surface area contributed by atoms with E-state index in [-0.39, 0.29) is 11.7 Å². The van der Waals surface area contributed by atoms with E-state index in [0.717, 1.165) is 5.56 Å². The maximum absolute atomic E-state index is 11.8. The van der Waals surface area contributed by atoms with Gasteiger partial charge in [-0.05, 0) is 25.1 Å². The Morgan fingerprint density at radius 1 is 1.05 bits per heavy atom. The van der Waals surface area contributed by atoms with Gasteiger partial charge in [0.05, 0.1) is 11.1 Å². The molecule has 2 amide bonds. The number of fused-ring (bicyclic) bond motifs is 1. The largest absolute Gasteiger partial charge is 0.485 e. The van der Waals surface area contributed by atoms with E-state index in [0.29, 0.717) is 16.3 Å². The molecular formula is C16H12ClNO3. The first-order chi connectivity index (χ1) is 10.1. The van der Waals surface area contributed by atoms with Crippen LogP contribution in [0.1, 0.15) is 39.3 Å². The van der Waals surface area contributed by atoms with Gasteiger partial charge >= 0.3 is 0 Å². The first-order valence-electron chi connectivity index (χ1n) is 6.47. The van der Waals surface area contributed by atoms with E-state index in [1.807, 2.05) is 25.1 Å². The first-order valence-corrected chi connectivity index (χ1v) is 6.85. The minimum atomic E-state index is -0.433. The van der Waals surface area contributed by atoms with Crippen molar-refractivity contribution < 1.29 is 14.3 Å². The molecule has 2 aromatic rings. The number of ether oxygens (including phenoxy) is 1. The van der Waals surface area contributed by atoms with Gasteiger partial charge in [0.25, 0.3) is 11.8 Å². The van der Waals surface area contributed by atoms with Crippen LogP contribution >= 0.6 is 11.6 Å². The zero-order valence-corrected chi connectivity index (χ0v) is 12.0. The molecular weight excluding hydrogens is 290 g/mol. The van der Waals surface area contributed by atoms with Crippen LogP contribution in [0, 0.1) is 0 Å². The summed E-state index contributed by atoms with van der Waals surface area (Å²) in [5, 5.41) is 2.86. The van der Waals surface area contributed by atoms with Crippen molar-refractivity contribution in [1.82, 2.24) is 5.32 Å². The molecule has 1 aliphatic heterocycles. The van der Waals surface area contributed by atoms with Crippen LogP contribution in [-0.2, 0) is 0 Å². The molecule has 0 saturated heterocycles. The fourth-order valence-electron chi connectivity index (χ4n) is 2.34. The number of benzene rings is 2. The maximum Gasteiger partial charge on any atom is 0.262 e. The Hall–Kier alpha value is -2.33. The highest BCUT2D eigenvalue weighted by Gasteiger charge is 2.30. The Bertz CT molecular complexity index is 742. The summed E-state index contributed by atoms with van der Waals surface area (Å²) in [6, 6.07) is 12.3. The van der Waals surface area contributed by atoms with E-state index in [2.05, 4.69) is 5.32 Å². The molecule has 21 heavy (non-hydrogen) atoms. The van der Waals surface area contributed by atoms with Gasteiger partial charge in [0, 0.05) is 10.6 Å². The Balaban J connectivity index is 1.95. The second kappa shape index (κ2) is 5.22. The number of amides is 2. The summed E-state index contributed by atoms with van der Waals surface area (Å²) < 4.78 is 5.85. The SMILES string of the molecule is CC(Oc1cccc2c1C(=O)NC2=O)c1ccccc1Cl. The molecule has 1 heterocycles. The van der Waals surface area contributed by atoms with Crippen LogP contribution in [0.3, 0.4) is 0 Å².